The van der Waals surface area contributed by atoms with Crippen molar-refractivity contribution in [2.24, 2.45) is 11.8 Å². The van der Waals surface area contributed by atoms with E-state index >= 15 is 0 Å². The molecule has 1 saturated heterocycles. The number of piperidine rings is 1. The summed E-state index contributed by atoms with van der Waals surface area (Å²) in [5.41, 5.74) is 8.83. The second-order valence-electron chi connectivity index (χ2n) is 10.2. The fraction of sp³-hybridized carbons (Fsp3) is 0.300. The zero-order valence-corrected chi connectivity index (χ0v) is 21.5. The minimum absolute atomic E-state index is 0.163. The molecule has 0 spiro atoms. The lowest BCUT2D eigenvalue weighted by molar-refractivity contribution is -0.128. The number of aromatic nitrogens is 4. The van der Waals surface area contributed by atoms with Crippen molar-refractivity contribution in [1.82, 2.24) is 24.6 Å². The van der Waals surface area contributed by atoms with E-state index in [1.165, 1.54) is 6.33 Å². The molecule has 196 valence electrons. The summed E-state index contributed by atoms with van der Waals surface area (Å²) in [6.45, 7) is 1.82. The van der Waals surface area contributed by atoms with E-state index in [0.717, 1.165) is 42.7 Å². The van der Waals surface area contributed by atoms with Gasteiger partial charge in [-0.1, -0.05) is 24.3 Å². The second-order valence-corrected chi connectivity index (χ2v) is 10.2. The molecule has 9 heteroatoms. The van der Waals surface area contributed by atoms with E-state index in [4.69, 9.17) is 15.6 Å². The number of fused-ring (bicyclic) bond motifs is 1. The number of carbonyl (C=O) groups is 1. The summed E-state index contributed by atoms with van der Waals surface area (Å²) in [5.74, 6) is 2.25. The predicted molar refractivity (Wildman–Crippen MR) is 147 cm³/mol. The quantitative estimate of drug-likeness (QED) is 0.270. The molecule has 4 aromatic rings. The Kier molecular flexibility index (Phi) is 6.68. The average Bonchev–Trinajstić information content (AvgIpc) is 3.72. The fourth-order valence-corrected chi connectivity index (χ4v) is 5.13. The van der Waals surface area contributed by atoms with E-state index in [0.29, 0.717) is 48.1 Å². The monoisotopic (exact) mass is 519 g/mol. The molecule has 1 saturated carbocycles. The van der Waals surface area contributed by atoms with Gasteiger partial charge in [-0.2, -0.15) is 10.4 Å². The van der Waals surface area contributed by atoms with Gasteiger partial charge < -0.3 is 15.4 Å². The highest BCUT2D eigenvalue weighted by molar-refractivity contribution is 5.98. The first-order chi connectivity index (χ1) is 19.1. The van der Waals surface area contributed by atoms with Crippen LogP contribution in [0.1, 0.15) is 25.7 Å². The zero-order chi connectivity index (χ0) is 26.8. The first-order valence-electron chi connectivity index (χ1n) is 13.3. The molecule has 0 radical (unpaired) electrons. The van der Waals surface area contributed by atoms with Gasteiger partial charge in [-0.05, 0) is 73.9 Å². The number of para-hydroxylation sites is 1. The number of nitriles is 1. The average molecular weight is 520 g/mol. The number of ether oxygens (including phenoxy) is 1. The van der Waals surface area contributed by atoms with E-state index in [1.54, 1.807) is 0 Å². The van der Waals surface area contributed by atoms with Gasteiger partial charge in [0.05, 0.1) is 5.39 Å². The SMILES string of the molecule is N#C/C(=C\C1CC1)C(=O)N1CCCC(Cn2nc(-c3ccc(Oc4ccccc4)cc3)c3c(N)ncnc32)C1. The summed E-state index contributed by atoms with van der Waals surface area (Å²) < 4.78 is 7.81. The standard InChI is InChI=1S/C30H29N7O2/c31-16-23(15-20-8-9-20)30(38)36-14-4-5-21(17-36)18-37-29-26(28(32)33-19-34-29)27(35-37)22-10-12-25(13-11-22)39-24-6-2-1-3-7-24/h1-3,6-7,10-13,15,19-21H,4-5,8-9,14,17-18H2,(H2,32,33,34)/b23-15+. The fourth-order valence-electron chi connectivity index (χ4n) is 5.13. The molecule has 1 aliphatic heterocycles. The Hall–Kier alpha value is -4.71. The number of hydrogen-bond acceptors (Lipinski definition) is 7. The van der Waals surface area contributed by atoms with E-state index in [9.17, 15) is 10.1 Å². The molecule has 0 bridgehead atoms. The van der Waals surface area contributed by atoms with Crippen LogP contribution in [0.25, 0.3) is 22.3 Å². The van der Waals surface area contributed by atoms with Crippen LogP contribution in [0.5, 0.6) is 11.5 Å². The van der Waals surface area contributed by atoms with Gasteiger partial charge in [-0.3, -0.25) is 4.79 Å². The Balaban J connectivity index is 1.24. The Morgan fingerprint density at radius 3 is 2.59 bits per heavy atom. The van der Waals surface area contributed by atoms with Gasteiger partial charge in [0.15, 0.2) is 5.65 Å². The van der Waals surface area contributed by atoms with Gasteiger partial charge in [-0.15, -0.1) is 0 Å². The lowest BCUT2D eigenvalue weighted by Gasteiger charge is -2.32. The van der Waals surface area contributed by atoms with Gasteiger partial charge in [-0.25, -0.2) is 14.6 Å². The molecule has 2 aromatic carbocycles. The molecule has 1 amide bonds. The summed E-state index contributed by atoms with van der Waals surface area (Å²) in [4.78, 5) is 23.6. The predicted octanol–water partition coefficient (Wildman–Crippen LogP) is 4.97. The summed E-state index contributed by atoms with van der Waals surface area (Å²) >= 11 is 0. The number of rotatable bonds is 7. The summed E-state index contributed by atoms with van der Waals surface area (Å²) in [5, 5.41) is 15.2. The summed E-state index contributed by atoms with van der Waals surface area (Å²) in [7, 11) is 0. The van der Waals surface area contributed by atoms with Gasteiger partial charge in [0.1, 0.15) is 41.0 Å². The molecular weight excluding hydrogens is 490 g/mol. The highest BCUT2D eigenvalue weighted by atomic mass is 16.5. The normalized spacial score (nSPS) is 17.7. The molecule has 9 nitrogen and oxygen atoms in total. The number of hydrogen-bond donors (Lipinski definition) is 1. The van der Waals surface area contributed by atoms with E-state index in [2.05, 4.69) is 16.0 Å². The van der Waals surface area contributed by atoms with Crippen molar-refractivity contribution in [3.05, 3.63) is 72.6 Å². The van der Waals surface area contributed by atoms with Crippen molar-refractivity contribution in [1.29, 1.82) is 5.26 Å². The molecule has 3 heterocycles. The molecule has 1 atom stereocenters. The third kappa shape index (κ3) is 5.32. The number of nitrogens with two attached hydrogens (primary N) is 1. The second kappa shape index (κ2) is 10.6. The van der Waals surface area contributed by atoms with Crippen molar-refractivity contribution in [2.75, 3.05) is 18.8 Å². The van der Waals surface area contributed by atoms with Crippen LogP contribution in [0, 0.1) is 23.2 Å². The number of nitrogen functional groups attached to an aromatic ring is 1. The minimum Gasteiger partial charge on any atom is -0.457 e. The number of allylic oxidation sites excluding steroid dienone is 1. The topological polar surface area (TPSA) is 123 Å². The van der Waals surface area contributed by atoms with Crippen LogP contribution < -0.4 is 10.5 Å². The third-order valence-corrected chi connectivity index (χ3v) is 7.28. The van der Waals surface area contributed by atoms with Gasteiger partial charge in [0, 0.05) is 25.2 Å². The van der Waals surface area contributed by atoms with E-state index in [1.807, 2.05) is 70.3 Å². The number of anilines is 1. The Labute approximate surface area is 226 Å². The molecule has 39 heavy (non-hydrogen) atoms. The third-order valence-electron chi connectivity index (χ3n) is 7.28. The number of nitrogens with zero attached hydrogens (tertiary/aromatic N) is 6. The van der Waals surface area contributed by atoms with Crippen molar-refractivity contribution in [3.63, 3.8) is 0 Å². The van der Waals surface area contributed by atoms with Crippen LogP contribution in [0.3, 0.4) is 0 Å². The lowest BCUT2D eigenvalue weighted by atomic mass is 9.97. The maximum absolute atomic E-state index is 13.0. The Morgan fingerprint density at radius 1 is 1.08 bits per heavy atom. The zero-order valence-electron chi connectivity index (χ0n) is 21.5. The number of likely N-dealkylation sites (tertiary alicyclic amines) is 1. The van der Waals surface area contributed by atoms with Crippen LogP contribution in [0.15, 0.2) is 72.6 Å². The van der Waals surface area contributed by atoms with Crippen molar-refractivity contribution < 1.29 is 9.53 Å². The van der Waals surface area contributed by atoms with Crippen molar-refractivity contribution in [2.45, 2.75) is 32.2 Å². The lowest BCUT2D eigenvalue weighted by Crippen LogP contribution is -2.41. The van der Waals surface area contributed by atoms with Crippen molar-refractivity contribution >= 4 is 22.8 Å². The summed E-state index contributed by atoms with van der Waals surface area (Å²) in [6.07, 6.45) is 7.25. The van der Waals surface area contributed by atoms with Crippen LogP contribution in [-0.2, 0) is 11.3 Å². The van der Waals surface area contributed by atoms with Crippen LogP contribution in [0.4, 0.5) is 5.82 Å². The van der Waals surface area contributed by atoms with Crippen LogP contribution in [0.2, 0.25) is 0 Å². The first kappa shape index (κ1) is 24.6. The maximum atomic E-state index is 13.0. The number of benzene rings is 2. The molecule has 2 fully saturated rings. The van der Waals surface area contributed by atoms with E-state index < -0.39 is 0 Å². The Bertz CT molecular complexity index is 1570. The molecule has 2 aromatic heterocycles. The maximum Gasteiger partial charge on any atom is 0.264 e. The number of amides is 1. The van der Waals surface area contributed by atoms with E-state index in [-0.39, 0.29) is 17.4 Å². The molecule has 1 unspecified atom stereocenters. The van der Waals surface area contributed by atoms with Crippen LogP contribution in [-0.4, -0.2) is 43.6 Å². The molecule has 2 N–H and O–H groups in total. The highest BCUT2D eigenvalue weighted by Crippen LogP contribution is 2.34. The smallest absolute Gasteiger partial charge is 0.264 e. The largest absolute Gasteiger partial charge is 0.457 e. The Morgan fingerprint density at radius 2 is 1.85 bits per heavy atom. The van der Waals surface area contributed by atoms with Crippen LogP contribution >= 0.6 is 0 Å². The first-order valence-corrected chi connectivity index (χ1v) is 13.3. The highest BCUT2D eigenvalue weighted by Gasteiger charge is 2.29. The van der Waals surface area contributed by atoms with Gasteiger partial charge in [0.25, 0.3) is 5.91 Å². The van der Waals surface area contributed by atoms with Gasteiger partial charge in [0.2, 0.25) is 0 Å². The van der Waals surface area contributed by atoms with Gasteiger partial charge >= 0.3 is 0 Å². The molecule has 2 aliphatic rings. The molecule has 6 rings (SSSR count). The number of carbonyl (C=O) groups excluding carboxylic acids is 1. The molecular formula is C30H29N7O2. The summed E-state index contributed by atoms with van der Waals surface area (Å²) in [6, 6.07) is 19.5. The molecule has 1 aliphatic carbocycles. The van der Waals surface area contributed by atoms with Crippen molar-refractivity contribution in [3.8, 4) is 28.8 Å². The minimum atomic E-state index is -0.163.